The van der Waals surface area contributed by atoms with E-state index < -0.39 is 35.8 Å². The van der Waals surface area contributed by atoms with Gasteiger partial charge in [0.1, 0.15) is 35.4 Å². The van der Waals surface area contributed by atoms with Crippen molar-refractivity contribution in [3.05, 3.63) is 69.6 Å². The lowest BCUT2D eigenvalue weighted by Crippen LogP contribution is -2.63. The maximum Gasteiger partial charge on any atom is 0.339 e. The fraction of sp³-hybridized carbons (Fsp3) is 0.407. The van der Waals surface area contributed by atoms with Crippen molar-refractivity contribution in [1.29, 1.82) is 0 Å². The highest BCUT2D eigenvalue weighted by atomic mass is 16.7. The molecular formula is C27H30O9. The van der Waals surface area contributed by atoms with Crippen LogP contribution in [0, 0.1) is 6.92 Å². The molecule has 1 aliphatic rings. The number of aliphatic hydroxyl groups is 2. The first-order valence-electron chi connectivity index (χ1n) is 11.5. The molecule has 0 saturated carbocycles. The minimum Gasteiger partial charge on any atom is -0.497 e. The minimum absolute atomic E-state index is 0.113. The van der Waals surface area contributed by atoms with Crippen LogP contribution in [0.2, 0.25) is 0 Å². The molecule has 1 aliphatic heterocycles. The predicted octanol–water partition coefficient (Wildman–Crippen LogP) is 2.79. The molecule has 36 heavy (non-hydrogen) atoms. The van der Waals surface area contributed by atoms with Crippen LogP contribution in [0.1, 0.15) is 35.3 Å². The number of carbonyl (C=O) groups is 1. The molecule has 3 aromatic rings. The van der Waals surface area contributed by atoms with Crippen molar-refractivity contribution in [2.75, 3.05) is 14.2 Å². The lowest BCUT2D eigenvalue weighted by atomic mass is 9.89. The molecule has 0 radical (unpaired) electrons. The largest absolute Gasteiger partial charge is 0.497 e. The summed E-state index contributed by atoms with van der Waals surface area (Å²) in [5, 5.41) is 21.6. The van der Waals surface area contributed by atoms with Crippen molar-refractivity contribution in [2.45, 2.75) is 57.4 Å². The van der Waals surface area contributed by atoms with Crippen molar-refractivity contribution in [3.63, 3.8) is 0 Å². The Balaban J connectivity index is 1.58. The number of rotatable bonds is 7. The summed E-state index contributed by atoms with van der Waals surface area (Å²) >= 11 is 0. The zero-order chi connectivity index (χ0) is 26.2. The summed E-state index contributed by atoms with van der Waals surface area (Å²) in [6.45, 7) is 5.17. The normalized spacial score (nSPS) is 23.4. The lowest BCUT2D eigenvalue weighted by Gasteiger charge is -2.46. The van der Waals surface area contributed by atoms with E-state index in [4.69, 9.17) is 23.4 Å². The molecular weight excluding hydrogens is 468 g/mol. The molecule has 0 spiro atoms. The molecule has 2 aromatic carbocycles. The van der Waals surface area contributed by atoms with Gasteiger partial charge in [-0.05, 0) is 63.2 Å². The minimum atomic E-state index is -1.36. The quantitative estimate of drug-likeness (QED) is 0.374. The highest BCUT2D eigenvalue weighted by Gasteiger charge is 2.50. The molecule has 9 heteroatoms. The second-order valence-electron chi connectivity index (χ2n) is 9.34. The molecule has 0 unspecified atom stereocenters. The number of methoxy groups -OCH3 is 2. The van der Waals surface area contributed by atoms with Crippen LogP contribution in [0.25, 0.3) is 11.0 Å². The third-order valence-corrected chi connectivity index (χ3v) is 6.48. The average molecular weight is 499 g/mol. The Morgan fingerprint density at radius 3 is 2.39 bits per heavy atom. The van der Waals surface area contributed by atoms with Crippen LogP contribution in [-0.2, 0) is 15.9 Å². The monoisotopic (exact) mass is 498 g/mol. The smallest absolute Gasteiger partial charge is 0.339 e. The Bertz CT molecular complexity index is 1310. The first kappa shape index (κ1) is 25.8. The van der Waals surface area contributed by atoms with Gasteiger partial charge >= 0.3 is 5.63 Å². The number of carbonyl (C=O) groups excluding carboxylic acids is 1. The zero-order valence-corrected chi connectivity index (χ0v) is 20.8. The first-order valence-corrected chi connectivity index (χ1v) is 11.5. The molecule has 0 amide bonds. The second-order valence-corrected chi connectivity index (χ2v) is 9.34. The Morgan fingerprint density at radius 2 is 1.75 bits per heavy atom. The van der Waals surface area contributed by atoms with E-state index in [-0.39, 0.29) is 23.4 Å². The van der Waals surface area contributed by atoms with E-state index >= 15 is 0 Å². The summed E-state index contributed by atoms with van der Waals surface area (Å²) in [6.07, 6.45) is -4.63. The molecule has 2 N–H and O–H groups in total. The maximum atomic E-state index is 12.7. The van der Waals surface area contributed by atoms with Gasteiger partial charge in [0.15, 0.2) is 5.78 Å². The summed E-state index contributed by atoms with van der Waals surface area (Å²) in [7, 11) is 2.97. The number of benzene rings is 2. The first-order chi connectivity index (χ1) is 17.1. The summed E-state index contributed by atoms with van der Waals surface area (Å²) in [4.78, 5) is 25.4. The molecule has 1 saturated heterocycles. The molecule has 0 aliphatic carbocycles. The van der Waals surface area contributed by atoms with Gasteiger partial charge in [0.05, 0.1) is 12.7 Å². The van der Waals surface area contributed by atoms with Crippen LogP contribution in [0.15, 0.2) is 51.7 Å². The van der Waals surface area contributed by atoms with Crippen molar-refractivity contribution >= 4 is 16.8 Å². The molecule has 1 fully saturated rings. The zero-order valence-electron chi connectivity index (χ0n) is 20.8. The van der Waals surface area contributed by atoms with Gasteiger partial charge in [-0.1, -0.05) is 0 Å². The molecule has 4 atom stereocenters. The van der Waals surface area contributed by atoms with Crippen LogP contribution in [0.4, 0.5) is 0 Å². The third kappa shape index (κ3) is 4.87. The van der Waals surface area contributed by atoms with Crippen molar-refractivity contribution in [2.24, 2.45) is 0 Å². The van der Waals surface area contributed by atoms with E-state index in [1.54, 1.807) is 70.3 Å². The van der Waals surface area contributed by atoms with Crippen molar-refractivity contribution in [3.8, 4) is 11.5 Å². The molecule has 192 valence electrons. The fourth-order valence-corrected chi connectivity index (χ4v) is 4.48. The molecule has 4 rings (SSSR count). The van der Waals surface area contributed by atoms with E-state index in [9.17, 15) is 19.8 Å². The fourth-order valence-electron chi connectivity index (χ4n) is 4.48. The van der Waals surface area contributed by atoms with E-state index in [2.05, 4.69) is 0 Å². The number of aryl methyl sites for hydroxylation is 1. The van der Waals surface area contributed by atoms with Gasteiger partial charge in [0.25, 0.3) is 0 Å². The van der Waals surface area contributed by atoms with Crippen LogP contribution in [-0.4, -0.2) is 60.4 Å². The summed E-state index contributed by atoms with van der Waals surface area (Å²) < 4.78 is 27.7. The lowest BCUT2D eigenvalue weighted by molar-refractivity contribution is -0.306. The number of ketones is 1. The second kappa shape index (κ2) is 10.0. The molecule has 0 bridgehead atoms. The van der Waals surface area contributed by atoms with E-state index in [0.29, 0.717) is 28.0 Å². The van der Waals surface area contributed by atoms with E-state index in [1.165, 1.54) is 7.11 Å². The van der Waals surface area contributed by atoms with Crippen molar-refractivity contribution < 1.29 is 38.4 Å². The van der Waals surface area contributed by atoms with Gasteiger partial charge < -0.3 is 33.6 Å². The molecule has 1 aromatic heterocycles. The number of Topliss-reactive ketones (excluding diaryl/α,β-unsaturated/α-hetero) is 1. The SMILES string of the molecule is COc1ccc(C(=O)Cc2cc3ccc(O[C@@H]4OC(C)(C)[C@H](OC)[C@@H](O)[C@H]4O)c(C)c3oc2=O)cc1. The molecule has 9 nitrogen and oxygen atoms in total. The van der Waals surface area contributed by atoms with Gasteiger partial charge in [0.2, 0.25) is 6.29 Å². The average Bonchev–Trinajstić information content (AvgIpc) is 2.85. The number of hydrogen-bond acceptors (Lipinski definition) is 9. The Kier molecular flexibility index (Phi) is 7.19. The van der Waals surface area contributed by atoms with Crippen LogP contribution in [0.3, 0.4) is 0 Å². The predicted molar refractivity (Wildman–Crippen MR) is 131 cm³/mol. The van der Waals surface area contributed by atoms with Gasteiger partial charge in [-0.3, -0.25) is 4.79 Å². The Labute approximate surface area is 208 Å². The van der Waals surface area contributed by atoms with Crippen molar-refractivity contribution in [1.82, 2.24) is 0 Å². The van der Waals surface area contributed by atoms with E-state index in [0.717, 1.165) is 0 Å². The molecule has 2 heterocycles. The topological polar surface area (TPSA) is 125 Å². The number of aliphatic hydroxyl groups excluding tert-OH is 2. The number of fused-ring (bicyclic) bond motifs is 1. The van der Waals surface area contributed by atoms with E-state index in [1.807, 2.05) is 0 Å². The third-order valence-electron chi connectivity index (χ3n) is 6.48. The highest BCUT2D eigenvalue weighted by Crippen LogP contribution is 2.34. The Hall–Kier alpha value is -3.24. The highest BCUT2D eigenvalue weighted by molar-refractivity contribution is 5.98. The van der Waals surface area contributed by atoms with Gasteiger partial charge in [-0.25, -0.2) is 4.79 Å². The van der Waals surface area contributed by atoms with Gasteiger partial charge in [-0.15, -0.1) is 0 Å². The summed E-state index contributed by atoms with van der Waals surface area (Å²) in [5.74, 6) is 0.726. The summed E-state index contributed by atoms with van der Waals surface area (Å²) in [5.41, 5.74) is -0.0635. The van der Waals surface area contributed by atoms with Gasteiger partial charge in [-0.2, -0.15) is 0 Å². The summed E-state index contributed by atoms with van der Waals surface area (Å²) in [6, 6.07) is 11.6. The number of hydrogen-bond donors (Lipinski definition) is 2. The maximum absolute atomic E-state index is 12.7. The Morgan fingerprint density at radius 1 is 1.06 bits per heavy atom. The van der Waals surface area contributed by atoms with Gasteiger partial charge in [0, 0.05) is 35.6 Å². The number of ether oxygens (including phenoxy) is 4. The van der Waals surface area contributed by atoms with Crippen LogP contribution in [0.5, 0.6) is 11.5 Å². The standard InChI is InChI=1S/C27H30O9/c1-14-20(34-26-22(30)21(29)24(33-5)27(2,3)36-26)11-8-16-12-17(25(31)35-23(14)16)13-19(28)15-6-9-18(32-4)10-7-15/h6-12,21-22,24,26,29-30H,13H2,1-5H3/t21-,22+,24+,26+/m0/s1. The van der Waals surface area contributed by atoms with Crippen LogP contribution >= 0.6 is 0 Å². The van der Waals surface area contributed by atoms with Crippen LogP contribution < -0.4 is 15.1 Å².